The fourth-order valence-corrected chi connectivity index (χ4v) is 2.24. The Kier molecular flexibility index (Phi) is 3.23. The Labute approximate surface area is 93.0 Å². The lowest BCUT2D eigenvalue weighted by Gasteiger charge is -2.19. The number of hydrogen-bond acceptors (Lipinski definition) is 5. The fourth-order valence-electron chi connectivity index (χ4n) is 1.45. The van der Waals surface area contributed by atoms with Crippen LogP contribution in [0.15, 0.2) is 39.5 Å². The zero-order valence-corrected chi connectivity index (χ0v) is 9.31. The predicted octanol–water partition coefficient (Wildman–Crippen LogP) is 2.30. The minimum atomic E-state index is -0.622. The van der Waals surface area contributed by atoms with Gasteiger partial charge >= 0.3 is 0 Å². The minimum absolute atomic E-state index is 0.352. The highest BCUT2D eigenvalue weighted by Gasteiger charge is 2.22. The molecule has 4 nitrogen and oxygen atoms in total. The SMILES string of the molecule is CCSc1ccccc1N1N=NCC1O. The van der Waals surface area contributed by atoms with Crippen molar-refractivity contribution in [1.82, 2.24) is 0 Å². The summed E-state index contributed by atoms with van der Waals surface area (Å²) in [5.74, 6) is 0.998. The first-order chi connectivity index (χ1) is 7.33. The van der Waals surface area contributed by atoms with E-state index >= 15 is 0 Å². The van der Waals surface area contributed by atoms with Crippen molar-refractivity contribution in [3.63, 3.8) is 0 Å². The lowest BCUT2D eigenvalue weighted by Crippen LogP contribution is -2.28. The van der Waals surface area contributed by atoms with Gasteiger partial charge in [0.2, 0.25) is 0 Å². The summed E-state index contributed by atoms with van der Waals surface area (Å²) in [6.07, 6.45) is -0.622. The molecular weight excluding hydrogens is 210 g/mol. The molecule has 0 aliphatic carbocycles. The largest absolute Gasteiger partial charge is 0.370 e. The number of hydrogen-bond donors (Lipinski definition) is 1. The van der Waals surface area contributed by atoms with E-state index in [0.717, 1.165) is 16.3 Å². The number of aliphatic hydroxyl groups excluding tert-OH is 1. The number of aliphatic hydroxyl groups is 1. The van der Waals surface area contributed by atoms with Crippen LogP contribution in [-0.2, 0) is 0 Å². The van der Waals surface area contributed by atoms with E-state index in [2.05, 4.69) is 17.3 Å². The van der Waals surface area contributed by atoms with Gasteiger partial charge in [-0.3, -0.25) is 0 Å². The Morgan fingerprint density at radius 2 is 2.33 bits per heavy atom. The van der Waals surface area contributed by atoms with Gasteiger partial charge < -0.3 is 5.11 Å². The molecule has 1 aromatic carbocycles. The maximum Gasteiger partial charge on any atom is 0.170 e. The molecule has 0 fully saturated rings. The summed E-state index contributed by atoms with van der Waals surface area (Å²) < 4.78 is 0. The van der Waals surface area contributed by atoms with Gasteiger partial charge in [-0.1, -0.05) is 24.3 Å². The van der Waals surface area contributed by atoms with Crippen LogP contribution in [0.2, 0.25) is 0 Å². The molecule has 80 valence electrons. The van der Waals surface area contributed by atoms with Crippen molar-refractivity contribution in [3.05, 3.63) is 24.3 Å². The third-order valence-corrected chi connectivity index (χ3v) is 3.04. The average Bonchev–Trinajstić information content (AvgIpc) is 2.66. The second kappa shape index (κ2) is 4.63. The Bertz CT molecular complexity index is 369. The van der Waals surface area contributed by atoms with Gasteiger partial charge in [0.15, 0.2) is 6.23 Å². The molecule has 0 bridgehead atoms. The third-order valence-electron chi connectivity index (χ3n) is 2.10. The molecule has 15 heavy (non-hydrogen) atoms. The monoisotopic (exact) mass is 223 g/mol. The molecule has 2 rings (SSSR count). The molecule has 1 aliphatic heterocycles. The molecule has 1 aromatic rings. The highest BCUT2D eigenvalue weighted by molar-refractivity contribution is 7.99. The summed E-state index contributed by atoms with van der Waals surface area (Å²) in [5.41, 5.74) is 0.929. The normalized spacial score (nSPS) is 19.9. The lowest BCUT2D eigenvalue weighted by atomic mass is 10.3. The second-order valence-electron chi connectivity index (χ2n) is 3.14. The second-order valence-corrected chi connectivity index (χ2v) is 4.45. The van der Waals surface area contributed by atoms with Gasteiger partial charge in [-0.25, -0.2) is 5.01 Å². The molecule has 1 N–H and O–H groups in total. The molecule has 1 aliphatic rings. The number of rotatable bonds is 3. The van der Waals surface area contributed by atoms with Crippen LogP contribution in [0.1, 0.15) is 6.92 Å². The van der Waals surface area contributed by atoms with Gasteiger partial charge in [-0.2, -0.15) is 5.11 Å². The predicted molar refractivity (Wildman–Crippen MR) is 61.0 cm³/mol. The van der Waals surface area contributed by atoms with E-state index in [1.54, 1.807) is 16.8 Å². The quantitative estimate of drug-likeness (QED) is 0.800. The van der Waals surface area contributed by atoms with E-state index < -0.39 is 6.23 Å². The van der Waals surface area contributed by atoms with Crippen LogP contribution in [0.25, 0.3) is 0 Å². The number of anilines is 1. The zero-order valence-electron chi connectivity index (χ0n) is 8.50. The molecule has 0 saturated carbocycles. The number of benzene rings is 1. The van der Waals surface area contributed by atoms with Crippen LogP contribution < -0.4 is 5.01 Å². The van der Waals surface area contributed by atoms with Crippen molar-refractivity contribution in [2.24, 2.45) is 10.3 Å². The van der Waals surface area contributed by atoms with Gasteiger partial charge in [0.25, 0.3) is 0 Å². The van der Waals surface area contributed by atoms with E-state index in [1.807, 2.05) is 24.3 Å². The first-order valence-electron chi connectivity index (χ1n) is 4.89. The molecule has 0 amide bonds. The Morgan fingerprint density at radius 3 is 3.00 bits per heavy atom. The minimum Gasteiger partial charge on any atom is -0.370 e. The van der Waals surface area contributed by atoms with E-state index in [9.17, 15) is 5.11 Å². The molecule has 1 heterocycles. The summed E-state index contributed by atoms with van der Waals surface area (Å²) >= 11 is 1.74. The van der Waals surface area contributed by atoms with E-state index in [-0.39, 0.29) is 0 Å². The molecule has 0 aromatic heterocycles. The van der Waals surface area contributed by atoms with Gasteiger partial charge in [-0.15, -0.1) is 11.8 Å². The van der Waals surface area contributed by atoms with Crippen LogP contribution in [0.5, 0.6) is 0 Å². The standard InChI is InChI=1S/C10H13N3OS/c1-2-15-9-6-4-3-5-8(9)13-10(14)7-11-12-13/h3-6,10,14H,2,7H2,1H3. The molecule has 5 heteroatoms. The van der Waals surface area contributed by atoms with Crippen LogP contribution in [0.4, 0.5) is 5.69 Å². The van der Waals surface area contributed by atoms with Crippen LogP contribution in [-0.4, -0.2) is 23.6 Å². The van der Waals surface area contributed by atoms with E-state index in [0.29, 0.717) is 6.54 Å². The first-order valence-corrected chi connectivity index (χ1v) is 5.88. The topological polar surface area (TPSA) is 48.2 Å². The Balaban J connectivity index is 2.30. The molecule has 1 unspecified atom stereocenters. The maximum absolute atomic E-state index is 9.66. The van der Waals surface area contributed by atoms with Gasteiger partial charge in [0, 0.05) is 4.90 Å². The first kappa shape index (κ1) is 10.4. The molecule has 1 atom stereocenters. The van der Waals surface area contributed by atoms with Crippen molar-refractivity contribution < 1.29 is 5.11 Å². The van der Waals surface area contributed by atoms with Crippen LogP contribution in [0, 0.1) is 0 Å². The lowest BCUT2D eigenvalue weighted by molar-refractivity contribution is 0.193. The Morgan fingerprint density at radius 1 is 1.53 bits per heavy atom. The van der Waals surface area contributed by atoms with E-state index in [1.165, 1.54) is 0 Å². The average molecular weight is 223 g/mol. The van der Waals surface area contributed by atoms with Crippen molar-refractivity contribution in [1.29, 1.82) is 0 Å². The number of para-hydroxylation sites is 1. The van der Waals surface area contributed by atoms with Crippen molar-refractivity contribution >= 4 is 17.4 Å². The smallest absolute Gasteiger partial charge is 0.170 e. The van der Waals surface area contributed by atoms with E-state index in [4.69, 9.17) is 0 Å². The van der Waals surface area contributed by atoms with Crippen molar-refractivity contribution in [2.75, 3.05) is 17.3 Å². The van der Waals surface area contributed by atoms with Crippen molar-refractivity contribution in [2.45, 2.75) is 18.0 Å². The summed E-state index contributed by atoms with van der Waals surface area (Å²) in [6.45, 7) is 2.45. The van der Waals surface area contributed by atoms with Gasteiger partial charge in [-0.05, 0) is 17.9 Å². The third kappa shape index (κ3) is 2.13. The van der Waals surface area contributed by atoms with Crippen LogP contribution >= 0.6 is 11.8 Å². The summed E-state index contributed by atoms with van der Waals surface area (Å²) in [7, 11) is 0. The van der Waals surface area contributed by atoms with Gasteiger partial charge in [0.05, 0.1) is 5.69 Å². The Hall–Kier alpha value is -1.07. The number of nitrogens with zero attached hydrogens (tertiary/aromatic N) is 3. The maximum atomic E-state index is 9.66. The number of thioether (sulfide) groups is 1. The summed E-state index contributed by atoms with van der Waals surface area (Å²) in [6, 6.07) is 7.91. The molecular formula is C10H13N3OS. The molecule has 0 spiro atoms. The summed E-state index contributed by atoms with van der Waals surface area (Å²) in [5, 5.41) is 19.0. The highest BCUT2D eigenvalue weighted by atomic mass is 32.2. The van der Waals surface area contributed by atoms with Crippen LogP contribution in [0.3, 0.4) is 0 Å². The fraction of sp³-hybridized carbons (Fsp3) is 0.400. The van der Waals surface area contributed by atoms with Gasteiger partial charge in [0.1, 0.15) is 6.54 Å². The van der Waals surface area contributed by atoms with Crippen molar-refractivity contribution in [3.8, 4) is 0 Å². The summed E-state index contributed by atoms with van der Waals surface area (Å²) in [4.78, 5) is 1.12. The molecule has 0 saturated heterocycles. The molecule has 0 radical (unpaired) electrons. The highest BCUT2D eigenvalue weighted by Crippen LogP contribution is 2.32. The zero-order chi connectivity index (χ0) is 10.7.